The summed E-state index contributed by atoms with van der Waals surface area (Å²) in [6.07, 6.45) is 30.0. The Morgan fingerprint density at radius 1 is 0.346 bits per heavy atom. The van der Waals surface area contributed by atoms with E-state index in [0.717, 1.165) is 37.6 Å². The topological polar surface area (TPSA) is 18.5 Å². The molecule has 0 aromatic heterocycles. The summed E-state index contributed by atoms with van der Waals surface area (Å²) in [4.78, 5) is 0. The van der Waals surface area contributed by atoms with Gasteiger partial charge in [0, 0.05) is 0 Å². The Morgan fingerprint density at radius 3 is 0.981 bits per heavy atom. The molecule has 2 nitrogen and oxygen atoms in total. The fraction of sp³-hybridized carbons (Fsp3) is 0.400. The van der Waals surface area contributed by atoms with E-state index in [0.29, 0.717) is 0 Å². The zero-order valence-electron chi connectivity index (χ0n) is 32.1. The van der Waals surface area contributed by atoms with Crippen LogP contribution in [0.4, 0.5) is 0 Å². The second kappa shape index (κ2) is 22.6. The molecule has 0 atom stereocenters. The van der Waals surface area contributed by atoms with Gasteiger partial charge in [0.2, 0.25) is 0 Å². The maximum atomic E-state index is 6.06. The minimum atomic E-state index is 0.794. The van der Waals surface area contributed by atoms with E-state index in [1.807, 2.05) is 0 Å². The van der Waals surface area contributed by atoms with E-state index in [-0.39, 0.29) is 0 Å². The maximum Gasteiger partial charge on any atom is 0.119 e. The minimum Gasteiger partial charge on any atom is -0.494 e. The molecule has 0 bridgehead atoms. The Labute approximate surface area is 315 Å². The van der Waals surface area contributed by atoms with Gasteiger partial charge in [-0.1, -0.05) is 201 Å². The molecule has 0 fully saturated rings. The maximum absolute atomic E-state index is 6.06. The summed E-state index contributed by atoms with van der Waals surface area (Å²) in [6, 6.07) is 34.6. The summed E-state index contributed by atoms with van der Waals surface area (Å²) in [5.74, 6) is 1.90. The fourth-order valence-electron chi connectivity index (χ4n) is 7.12. The summed E-state index contributed by atoms with van der Waals surface area (Å²) < 4.78 is 12.1. The third-order valence-electron chi connectivity index (χ3n) is 10.2. The number of fused-ring (bicyclic) bond motifs is 2. The molecule has 0 aliphatic heterocycles. The summed E-state index contributed by atoms with van der Waals surface area (Å²) in [6.45, 7) is 6.14. The van der Waals surface area contributed by atoms with Crippen molar-refractivity contribution in [2.75, 3.05) is 13.2 Å². The van der Waals surface area contributed by atoms with Crippen LogP contribution in [0.25, 0.3) is 45.8 Å². The molecule has 0 aliphatic carbocycles. The number of rotatable bonds is 24. The predicted octanol–water partition coefficient (Wildman–Crippen LogP) is 15.4. The van der Waals surface area contributed by atoms with Crippen molar-refractivity contribution in [3.05, 3.63) is 119 Å². The van der Waals surface area contributed by atoms with Crippen LogP contribution >= 0.6 is 0 Å². The van der Waals surface area contributed by atoms with Gasteiger partial charge in [-0.3, -0.25) is 0 Å². The molecular formula is C50H62O2. The Morgan fingerprint density at radius 2 is 0.654 bits per heavy atom. The first-order valence-electron chi connectivity index (χ1n) is 20.5. The molecule has 0 spiro atoms. The minimum absolute atomic E-state index is 0.794. The highest BCUT2D eigenvalue weighted by Crippen LogP contribution is 2.35. The summed E-state index contributed by atoms with van der Waals surface area (Å²) in [5, 5.41) is 5.03. The normalized spacial score (nSPS) is 11.7. The van der Waals surface area contributed by atoms with Crippen LogP contribution in [0.3, 0.4) is 0 Å². The number of unbranched alkanes of at least 4 members (excludes halogenated alkanes) is 14. The highest BCUT2D eigenvalue weighted by atomic mass is 16.5. The van der Waals surface area contributed by atoms with Crippen LogP contribution in [0.15, 0.2) is 97.1 Å². The van der Waals surface area contributed by atoms with Crippen molar-refractivity contribution in [3.63, 3.8) is 0 Å². The molecule has 274 valence electrons. The van der Waals surface area contributed by atoms with Crippen molar-refractivity contribution < 1.29 is 9.47 Å². The van der Waals surface area contributed by atoms with E-state index in [1.54, 1.807) is 0 Å². The van der Waals surface area contributed by atoms with E-state index in [1.165, 1.54) is 134 Å². The zero-order chi connectivity index (χ0) is 36.1. The fourth-order valence-corrected chi connectivity index (χ4v) is 7.12. The highest BCUT2D eigenvalue weighted by Gasteiger charge is 2.11. The highest BCUT2D eigenvalue weighted by molar-refractivity contribution is 6.14. The average molecular weight is 695 g/mol. The van der Waals surface area contributed by atoms with Crippen molar-refractivity contribution >= 4 is 45.8 Å². The van der Waals surface area contributed by atoms with Crippen LogP contribution in [-0.4, -0.2) is 13.2 Å². The molecule has 52 heavy (non-hydrogen) atoms. The summed E-state index contributed by atoms with van der Waals surface area (Å²) in [7, 11) is 0. The van der Waals surface area contributed by atoms with Gasteiger partial charge in [0.1, 0.15) is 11.5 Å². The van der Waals surface area contributed by atoms with Crippen molar-refractivity contribution in [1.29, 1.82) is 0 Å². The van der Waals surface area contributed by atoms with Gasteiger partial charge < -0.3 is 9.47 Å². The molecule has 5 rings (SSSR count). The zero-order valence-corrected chi connectivity index (χ0v) is 32.1. The van der Waals surface area contributed by atoms with E-state index < -0.39 is 0 Å². The Kier molecular flexibility index (Phi) is 16.9. The molecule has 2 heteroatoms. The molecular weight excluding hydrogens is 633 g/mol. The van der Waals surface area contributed by atoms with Gasteiger partial charge in [0.25, 0.3) is 0 Å². The number of benzene rings is 5. The summed E-state index contributed by atoms with van der Waals surface area (Å²) in [5.41, 5.74) is 4.83. The van der Waals surface area contributed by atoms with E-state index in [4.69, 9.17) is 9.47 Å². The molecule has 0 N–H and O–H groups in total. The second-order valence-electron chi connectivity index (χ2n) is 14.4. The van der Waals surface area contributed by atoms with Gasteiger partial charge in [-0.05, 0) is 80.9 Å². The number of hydrogen-bond donors (Lipinski definition) is 0. The van der Waals surface area contributed by atoms with E-state index >= 15 is 0 Å². The Hall–Kier alpha value is -4.30. The van der Waals surface area contributed by atoms with Gasteiger partial charge in [-0.25, -0.2) is 0 Å². The molecule has 0 saturated carbocycles. The first kappa shape index (κ1) is 38.9. The predicted molar refractivity (Wildman–Crippen MR) is 228 cm³/mol. The molecule has 0 saturated heterocycles. The third kappa shape index (κ3) is 12.4. The smallest absolute Gasteiger partial charge is 0.119 e. The molecule has 0 heterocycles. The van der Waals surface area contributed by atoms with Gasteiger partial charge >= 0.3 is 0 Å². The Bertz CT molecular complexity index is 1600. The van der Waals surface area contributed by atoms with Crippen LogP contribution in [0, 0.1) is 0 Å². The van der Waals surface area contributed by atoms with Gasteiger partial charge in [-0.2, -0.15) is 0 Å². The monoisotopic (exact) mass is 694 g/mol. The lowest BCUT2D eigenvalue weighted by atomic mass is 9.91. The van der Waals surface area contributed by atoms with Crippen LogP contribution < -0.4 is 9.47 Å². The third-order valence-corrected chi connectivity index (χ3v) is 10.2. The van der Waals surface area contributed by atoms with Crippen molar-refractivity contribution in [2.24, 2.45) is 0 Å². The molecule has 5 aromatic carbocycles. The molecule has 5 aromatic rings. The first-order chi connectivity index (χ1) is 25.8. The first-order valence-corrected chi connectivity index (χ1v) is 20.5. The van der Waals surface area contributed by atoms with Crippen LogP contribution in [0.1, 0.15) is 139 Å². The standard InChI is InChI=1S/C50H62O2/c1-3-5-7-9-11-13-15-21-39-51-43-33-27-41(28-34-43)31-37-49-45-23-17-19-25-47(45)50(48-26-20-18-24-46(48)49)38-32-42-29-35-44(36-30-42)52-40-22-16-14-12-10-8-6-4-2/h17-20,23-38H,3-16,21-22,39-40H2,1-2H3/b37-31+,38-32+. The second-order valence-corrected chi connectivity index (χ2v) is 14.4. The average Bonchev–Trinajstić information content (AvgIpc) is 3.19. The summed E-state index contributed by atoms with van der Waals surface area (Å²) >= 11 is 0. The lowest BCUT2D eigenvalue weighted by Gasteiger charge is -2.13. The van der Waals surface area contributed by atoms with Crippen molar-refractivity contribution in [3.8, 4) is 11.5 Å². The van der Waals surface area contributed by atoms with Crippen molar-refractivity contribution in [1.82, 2.24) is 0 Å². The van der Waals surface area contributed by atoms with E-state index in [2.05, 4.69) is 135 Å². The van der Waals surface area contributed by atoms with Gasteiger partial charge in [0.05, 0.1) is 13.2 Å². The van der Waals surface area contributed by atoms with Gasteiger partial charge in [-0.15, -0.1) is 0 Å². The van der Waals surface area contributed by atoms with Crippen LogP contribution in [0.5, 0.6) is 11.5 Å². The molecule has 0 amide bonds. The SMILES string of the molecule is CCCCCCCCCCOc1ccc(/C=C/c2c3ccccc3c(/C=C/c3ccc(OCCCCCCCCCC)cc3)c3ccccc23)cc1. The molecule has 0 aliphatic rings. The van der Waals surface area contributed by atoms with E-state index in [9.17, 15) is 0 Å². The number of ether oxygens (including phenoxy) is 2. The van der Waals surface area contributed by atoms with Crippen LogP contribution in [0.2, 0.25) is 0 Å². The van der Waals surface area contributed by atoms with Gasteiger partial charge in [0.15, 0.2) is 0 Å². The van der Waals surface area contributed by atoms with Crippen molar-refractivity contribution in [2.45, 2.75) is 117 Å². The van der Waals surface area contributed by atoms with Crippen LogP contribution in [-0.2, 0) is 0 Å². The Balaban J connectivity index is 1.19. The molecule has 0 radical (unpaired) electrons. The lowest BCUT2D eigenvalue weighted by Crippen LogP contribution is -1.97. The molecule has 0 unspecified atom stereocenters. The largest absolute Gasteiger partial charge is 0.494 e. The lowest BCUT2D eigenvalue weighted by molar-refractivity contribution is 0.304. The quantitative estimate of drug-likeness (QED) is 0.0364. The number of hydrogen-bond acceptors (Lipinski definition) is 2.